The maximum Gasteiger partial charge on any atom is 0.303 e. The Kier molecular flexibility index (Phi) is 6.18. The maximum absolute atomic E-state index is 12.9. The standard InChI is InChI=1S/C14H15ClFNO3/c1-9(6-14(19)20)8-17-13(18)5-3-10-2-4-12(16)11(15)7-10/h2-5,7,9H,6,8H2,1H3,(H,17,18)(H,19,20)/b5-3+. The van der Waals surface area contributed by atoms with Gasteiger partial charge in [0.25, 0.3) is 0 Å². The molecule has 0 saturated carbocycles. The van der Waals surface area contributed by atoms with Crippen molar-refractivity contribution in [2.45, 2.75) is 13.3 Å². The van der Waals surface area contributed by atoms with Crippen molar-refractivity contribution < 1.29 is 19.1 Å². The largest absolute Gasteiger partial charge is 0.481 e. The van der Waals surface area contributed by atoms with Crippen molar-refractivity contribution in [2.75, 3.05) is 6.54 Å². The fourth-order valence-electron chi connectivity index (χ4n) is 1.49. The molecule has 1 amide bonds. The highest BCUT2D eigenvalue weighted by molar-refractivity contribution is 6.30. The van der Waals surface area contributed by atoms with Gasteiger partial charge in [0.1, 0.15) is 5.82 Å². The molecular formula is C14H15ClFNO3. The van der Waals surface area contributed by atoms with Crippen molar-refractivity contribution in [1.82, 2.24) is 5.32 Å². The van der Waals surface area contributed by atoms with Crippen LogP contribution in [0.15, 0.2) is 24.3 Å². The SMILES string of the molecule is CC(CNC(=O)/C=C/c1ccc(F)c(Cl)c1)CC(=O)O. The van der Waals surface area contributed by atoms with Crippen LogP contribution >= 0.6 is 11.6 Å². The molecular weight excluding hydrogens is 285 g/mol. The molecule has 0 radical (unpaired) electrons. The molecule has 0 bridgehead atoms. The van der Waals surface area contributed by atoms with Crippen molar-refractivity contribution in [3.05, 3.63) is 40.7 Å². The van der Waals surface area contributed by atoms with E-state index in [0.717, 1.165) is 0 Å². The number of carboxylic acid groups (broad SMARTS) is 1. The fraction of sp³-hybridized carbons (Fsp3) is 0.286. The Bertz CT molecular complexity index is 531. The number of carbonyl (C=O) groups excluding carboxylic acids is 1. The van der Waals surface area contributed by atoms with Gasteiger partial charge in [0.2, 0.25) is 5.91 Å². The highest BCUT2D eigenvalue weighted by atomic mass is 35.5. The monoisotopic (exact) mass is 299 g/mol. The molecule has 2 N–H and O–H groups in total. The number of benzene rings is 1. The van der Waals surface area contributed by atoms with E-state index in [-0.39, 0.29) is 29.8 Å². The van der Waals surface area contributed by atoms with Gasteiger partial charge in [0.05, 0.1) is 5.02 Å². The summed E-state index contributed by atoms with van der Waals surface area (Å²) in [6.45, 7) is 2.01. The van der Waals surface area contributed by atoms with E-state index < -0.39 is 11.8 Å². The molecule has 4 nitrogen and oxygen atoms in total. The Hall–Kier alpha value is -1.88. The number of carboxylic acids is 1. The number of amides is 1. The van der Waals surface area contributed by atoms with Crippen LogP contribution in [-0.4, -0.2) is 23.5 Å². The van der Waals surface area contributed by atoms with E-state index in [0.29, 0.717) is 5.56 Å². The second-order valence-corrected chi connectivity index (χ2v) is 4.86. The third-order valence-electron chi connectivity index (χ3n) is 2.52. The molecule has 1 atom stereocenters. The third-order valence-corrected chi connectivity index (χ3v) is 2.81. The molecule has 1 rings (SSSR count). The Morgan fingerprint density at radius 1 is 1.50 bits per heavy atom. The summed E-state index contributed by atoms with van der Waals surface area (Å²) >= 11 is 5.62. The molecule has 1 aromatic carbocycles. The van der Waals surface area contributed by atoms with Gasteiger partial charge >= 0.3 is 5.97 Å². The molecule has 0 aliphatic carbocycles. The Balaban J connectivity index is 2.47. The number of hydrogen-bond acceptors (Lipinski definition) is 2. The van der Waals surface area contributed by atoms with Crippen LogP contribution in [0.3, 0.4) is 0 Å². The summed E-state index contributed by atoms with van der Waals surface area (Å²) in [7, 11) is 0. The normalized spacial score (nSPS) is 12.3. The Morgan fingerprint density at radius 2 is 2.20 bits per heavy atom. The minimum Gasteiger partial charge on any atom is -0.481 e. The van der Waals surface area contributed by atoms with Crippen molar-refractivity contribution in [3.8, 4) is 0 Å². The van der Waals surface area contributed by atoms with Crippen LogP contribution in [0.1, 0.15) is 18.9 Å². The molecule has 1 aromatic rings. The van der Waals surface area contributed by atoms with E-state index >= 15 is 0 Å². The number of carbonyl (C=O) groups is 2. The van der Waals surface area contributed by atoms with Gasteiger partial charge in [-0.05, 0) is 29.7 Å². The van der Waals surface area contributed by atoms with Crippen LogP contribution in [0.2, 0.25) is 5.02 Å². The lowest BCUT2D eigenvalue weighted by Gasteiger charge is -2.08. The van der Waals surface area contributed by atoms with Crippen molar-refractivity contribution in [3.63, 3.8) is 0 Å². The van der Waals surface area contributed by atoms with Gasteiger partial charge in [-0.3, -0.25) is 9.59 Å². The molecule has 6 heteroatoms. The smallest absolute Gasteiger partial charge is 0.303 e. The zero-order valence-corrected chi connectivity index (χ0v) is 11.7. The summed E-state index contributed by atoms with van der Waals surface area (Å²) in [5.41, 5.74) is 0.602. The quantitative estimate of drug-likeness (QED) is 0.794. The van der Waals surface area contributed by atoms with Crippen LogP contribution in [0.5, 0.6) is 0 Å². The van der Waals surface area contributed by atoms with Gasteiger partial charge in [-0.2, -0.15) is 0 Å². The molecule has 0 aliphatic rings. The van der Waals surface area contributed by atoms with Gasteiger partial charge in [-0.15, -0.1) is 0 Å². The molecule has 108 valence electrons. The molecule has 20 heavy (non-hydrogen) atoms. The van der Waals surface area contributed by atoms with Gasteiger partial charge in [-0.25, -0.2) is 4.39 Å². The van der Waals surface area contributed by atoms with Gasteiger partial charge in [0.15, 0.2) is 0 Å². The maximum atomic E-state index is 12.9. The van der Waals surface area contributed by atoms with E-state index in [4.69, 9.17) is 16.7 Å². The van der Waals surface area contributed by atoms with Crippen LogP contribution < -0.4 is 5.32 Å². The number of rotatable bonds is 6. The Labute approximate surface area is 121 Å². The first-order valence-corrected chi connectivity index (χ1v) is 6.39. The first-order chi connectivity index (χ1) is 9.38. The first kappa shape index (κ1) is 16.2. The summed E-state index contributed by atoms with van der Waals surface area (Å²) in [4.78, 5) is 22.0. The second-order valence-electron chi connectivity index (χ2n) is 4.46. The highest BCUT2D eigenvalue weighted by Crippen LogP contribution is 2.16. The van der Waals surface area contributed by atoms with Crippen LogP contribution in [0.4, 0.5) is 4.39 Å². The zero-order valence-electron chi connectivity index (χ0n) is 10.9. The molecule has 0 heterocycles. The Morgan fingerprint density at radius 3 is 2.80 bits per heavy atom. The van der Waals surface area contributed by atoms with Crippen molar-refractivity contribution in [1.29, 1.82) is 0 Å². The lowest BCUT2D eigenvalue weighted by Crippen LogP contribution is -2.27. The van der Waals surface area contributed by atoms with Crippen LogP contribution in [-0.2, 0) is 9.59 Å². The summed E-state index contributed by atoms with van der Waals surface area (Å²) in [6, 6.07) is 4.13. The average molecular weight is 300 g/mol. The summed E-state index contributed by atoms with van der Waals surface area (Å²) in [5, 5.41) is 11.2. The van der Waals surface area contributed by atoms with Crippen molar-refractivity contribution in [2.24, 2.45) is 5.92 Å². The lowest BCUT2D eigenvalue weighted by atomic mass is 10.1. The molecule has 0 aliphatic heterocycles. The first-order valence-electron chi connectivity index (χ1n) is 6.01. The minimum atomic E-state index is -0.900. The topological polar surface area (TPSA) is 66.4 Å². The average Bonchev–Trinajstić information content (AvgIpc) is 2.37. The predicted molar refractivity (Wildman–Crippen MR) is 74.9 cm³/mol. The van der Waals surface area contributed by atoms with E-state index in [2.05, 4.69) is 5.32 Å². The number of nitrogens with one attached hydrogen (secondary N) is 1. The number of hydrogen-bond donors (Lipinski definition) is 2. The molecule has 0 saturated heterocycles. The zero-order chi connectivity index (χ0) is 15.1. The number of aliphatic carboxylic acids is 1. The van der Waals surface area contributed by atoms with E-state index in [1.165, 1.54) is 30.4 Å². The van der Waals surface area contributed by atoms with Crippen LogP contribution in [0.25, 0.3) is 6.08 Å². The summed E-state index contributed by atoms with van der Waals surface area (Å²) in [6.07, 6.45) is 2.79. The van der Waals surface area contributed by atoms with E-state index in [1.54, 1.807) is 6.92 Å². The van der Waals surface area contributed by atoms with Gasteiger partial charge in [-0.1, -0.05) is 24.6 Å². The summed E-state index contributed by atoms with van der Waals surface area (Å²) in [5.74, 6) is -1.91. The molecule has 0 fully saturated rings. The number of halogens is 2. The highest BCUT2D eigenvalue weighted by Gasteiger charge is 2.08. The van der Waals surface area contributed by atoms with Gasteiger partial charge in [0, 0.05) is 19.0 Å². The molecule has 1 unspecified atom stereocenters. The third kappa shape index (κ3) is 5.84. The van der Waals surface area contributed by atoms with Crippen LogP contribution in [0, 0.1) is 11.7 Å². The second kappa shape index (κ2) is 7.65. The van der Waals surface area contributed by atoms with E-state index in [9.17, 15) is 14.0 Å². The summed E-state index contributed by atoms with van der Waals surface area (Å²) < 4.78 is 12.9. The van der Waals surface area contributed by atoms with Gasteiger partial charge < -0.3 is 10.4 Å². The van der Waals surface area contributed by atoms with Crippen molar-refractivity contribution >= 4 is 29.6 Å². The fourth-order valence-corrected chi connectivity index (χ4v) is 1.68. The predicted octanol–water partition coefficient (Wildman–Crippen LogP) is 2.72. The minimum absolute atomic E-state index is 0.00242. The molecule has 0 spiro atoms. The lowest BCUT2D eigenvalue weighted by molar-refractivity contribution is -0.138. The van der Waals surface area contributed by atoms with E-state index in [1.807, 2.05) is 0 Å². The molecule has 0 aromatic heterocycles.